The Morgan fingerprint density at radius 2 is 1.96 bits per heavy atom. The van der Waals surface area contributed by atoms with Crippen LogP contribution in [0.3, 0.4) is 0 Å². The third kappa shape index (κ3) is 3.82. The average molecular weight is 379 g/mol. The fourth-order valence-electron chi connectivity index (χ4n) is 3.46. The van der Waals surface area contributed by atoms with Crippen molar-refractivity contribution in [1.82, 2.24) is 20.3 Å². The number of piperidine rings is 1. The van der Waals surface area contributed by atoms with E-state index in [1.807, 2.05) is 19.2 Å². The minimum Gasteiger partial charge on any atom is -0.317 e. The summed E-state index contributed by atoms with van der Waals surface area (Å²) in [4.78, 5) is 25.4. The molecule has 5 nitrogen and oxygen atoms in total. The molecule has 0 radical (unpaired) electrons. The van der Waals surface area contributed by atoms with Crippen molar-refractivity contribution in [3.8, 4) is 21.7 Å². The fraction of sp³-hybridized carbons (Fsp3) is 0.333. The maximum Gasteiger partial charge on any atom is 0.161 e. The van der Waals surface area contributed by atoms with Gasteiger partial charge in [-0.05, 0) is 51.9 Å². The topological polar surface area (TPSA) is 67.8 Å². The number of nitrogens with zero attached hydrogens (tertiary/aromatic N) is 3. The lowest BCUT2D eigenvalue weighted by atomic mass is 9.95. The number of thiazole rings is 1. The van der Waals surface area contributed by atoms with Crippen molar-refractivity contribution in [3.63, 3.8) is 0 Å². The van der Waals surface area contributed by atoms with Crippen LogP contribution in [0.5, 0.6) is 0 Å². The zero-order chi connectivity index (χ0) is 18.8. The standard InChI is InChI=1S/C21H22N4OS/c1-13-7-18(21-25-20(12-27-21)15-3-5-22-6-4-15)19(11-24-13)17-8-16(14(2)26)9-23-10-17/h7-12,15,22H,3-6H2,1-2H3. The van der Waals surface area contributed by atoms with Gasteiger partial charge in [0.15, 0.2) is 5.78 Å². The van der Waals surface area contributed by atoms with Crippen LogP contribution in [0.25, 0.3) is 21.7 Å². The highest BCUT2D eigenvalue weighted by Gasteiger charge is 2.20. The zero-order valence-corrected chi connectivity index (χ0v) is 16.3. The van der Waals surface area contributed by atoms with Crippen LogP contribution < -0.4 is 5.32 Å². The van der Waals surface area contributed by atoms with Crippen molar-refractivity contribution in [2.75, 3.05) is 13.1 Å². The molecule has 6 heteroatoms. The van der Waals surface area contributed by atoms with Crippen molar-refractivity contribution < 1.29 is 4.79 Å². The Labute approximate surface area is 162 Å². The molecule has 4 rings (SSSR count). The largest absolute Gasteiger partial charge is 0.317 e. The van der Waals surface area contributed by atoms with Gasteiger partial charge < -0.3 is 5.32 Å². The van der Waals surface area contributed by atoms with E-state index in [4.69, 9.17) is 4.98 Å². The van der Waals surface area contributed by atoms with Gasteiger partial charge in [-0.15, -0.1) is 11.3 Å². The van der Waals surface area contributed by atoms with Crippen LogP contribution in [0.4, 0.5) is 0 Å². The summed E-state index contributed by atoms with van der Waals surface area (Å²) in [6, 6.07) is 3.95. The number of Topliss-reactive ketones (excluding diaryl/α,β-unsaturated/α-hetero) is 1. The number of ketones is 1. The van der Waals surface area contributed by atoms with E-state index < -0.39 is 0 Å². The Hall–Kier alpha value is -2.44. The minimum absolute atomic E-state index is 0.00779. The molecule has 3 aromatic rings. The molecule has 0 saturated carbocycles. The monoisotopic (exact) mass is 378 g/mol. The molecule has 0 atom stereocenters. The van der Waals surface area contributed by atoms with E-state index in [0.717, 1.165) is 53.3 Å². The van der Waals surface area contributed by atoms with Gasteiger partial charge in [0.2, 0.25) is 0 Å². The minimum atomic E-state index is 0.00779. The van der Waals surface area contributed by atoms with E-state index in [9.17, 15) is 4.79 Å². The third-order valence-electron chi connectivity index (χ3n) is 5.01. The lowest BCUT2D eigenvalue weighted by molar-refractivity contribution is 0.101. The molecule has 0 aliphatic carbocycles. The number of aryl methyl sites for hydroxylation is 1. The molecule has 3 aromatic heterocycles. The lowest BCUT2D eigenvalue weighted by Crippen LogP contribution is -2.26. The van der Waals surface area contributed by atoms with Crippen LogP contribution in [0.2, 0.25) is 0 Å². The Kier molecular flexibility index (Phi) is 5.09. The predicted octanol–water partition coefficient (Wildman–Crippen LogP) is 4.25. The summed E-state index contributed by atoms with van der Waals surface area (Å²) in [5.41, 5.74) is 5.64. The van der Waals surface area contributed by atoms with Crippen LogP contribution in [0.15, 0.2) is 36.1 Å². The molecule has 0 unspecified atom stereocenters. The summed E-state index contributed by atoms with van der Waals surface area (Å²) in [7, 11) is 0. The Morgan fingerprint density at radius 1 is 1.15 bits per heavy atom. The molecule has 27 heavy (non-hydrogen) atoms. The SMILES string of the molecule is CC(=O)c1cncc(-c2cnc(C)cc2-c2nc(C3CCNCC3)cs2)c1. The van der Waals surface area contributed by atoms with E-state index in [-0.39, 0.29) is 5.78 Å². The highest BCUT2D eigenvalue weighted by molar-refractivity contribution is 7.13. The predicted molar refractivity (Wildman–Crippen MR) is 108 cm³/mol. The molecule has 138 valence electrons. The summed E-state index contributed by atoms with van der Waals surface area (Å²) in [5, 5.41) is 6.60. The molecule has 1 N–H and O–H groups in total. The maximum atomic E-state index is 11.7. The van der Waals surface area contributed by atoms with Gasteiger partial charge in [-0.1, -0.05) is 0 Å². The van der Waals surface area contributed by atoms with Gasteiger partial charge in [0.25, 0.3) is 0 Å². The second-order valence-corrected chi connectivity index (χ2v) is 7.85. The van der Waals surface area contributed by atoms with E-state index in [0.29, 0.717) is 11.5 Å². The number of hydrogen-bond acceptors (Lipinski definition) is 6. The first kappa shape index (κ1) is 17.9. The van der Waals surface area contributed by atoms with E-state index in [1.54, 1.807) is 30.7 Å². The molecule has 1 saturated heterocycles. The molecule has 1 aliphatic heterocycles. The molecule has 1 aliphatic rings. The van der Waals surface area contributed by atoms with E-state index in [1.165, 1.54) is 5.69 Å². The van der Waals surface area contributed by atoms with Crippen LogP contribution >= 0.6 is 11.3 Å². The van der Waals surface area contributed by atoms with E-state index in [2.05, 4.69) is 26.7 Å². The Morgan fingerprint density at radius 3 is 2.74 bits per heavy atom. The maximum absolute atomic E-state index is 11.7. The van der Waals surface area contributed by atoms with Crippen molar-refractivity contribution in [3.05, 3.63) is 53.1 Å². The number of rotatable bonds is 4. The first-order valence-electron chi connectivity index (χ1n) is 9.21. The zero-order valence-electron chi connectivity index (χ0n) is 15.5. The van der Waals surface area contributed by atoms with Crippen molar-refractivity contribution >= 4 is 17.1 Å². The van der Waals surface area contributed by atoms with Crippen LogP contribution in [-0.4, -0.2) is 33.8 Å². The van der Waals surface area contributed by atoms with E-state index >= 15 is 0 Å². The number of nitrogens with one attached hydrogen (secondary N) is 1. The summed E-state index contributed by atoms with van der Waals surface area (Å²) >= 11 is 1.68. The quantitative estimate of drug-likeness (QED) is 0.688. The van der Waals surface area contributed by atoms with Crippen molar-refractivity contribution in [2.24, 2.45) is 0 Å². The van der Waals surface area contributed by atoms with Gasteiger partial charge in [0.05, 0.1) is 5.69 Å². The summed E-state index contributed by atoms with van der Waals surface area (Å²) in [5.74, 6) is 0.541. The van der Waals surface area contributed by atoms with Crippen molar-refractivity contribution in [1.29, 1.82) is 0 Å². The number of aromatic nitrogens is 3. The summed E-state index contributed by atoms with van der Waals surface area (Å²) in [6.45, 7) is 5.65. The van der Waals surface area contributed by atoms with Crippen LogP contribution in [-0.2, 0) is 0 Å². The Bertz CT molecular complexity index is 976. The number of carbonyl (C=O) groups is 1. The van der Waals surface area contributed by atoms with Gasteiger partial charge in [0, 0.05) is 57.8 Å². The van der Waals surface area contributed by atoms with Gasteiger partial charge in [-0.3, -0.25) is 14.8 Å². The molecular formula is C21H22N4OS. The van der Waals surface area contributed by atoms with Gasteiger partial charge >= 0.3 is 0 Å². The molecule has 0 bridgehead atoms. The number of carbonyl (C=O) groups excluding carboxylic acids is 1. The average Bonchev–Trinajstić information content (AvgIpc) is 3.19. The first-order chi connectivity index (χ1) is 13.1. The highest BCUT2D eigenvalue weighted by atomic mass is 32.1. The van der Waals surface area contributed by atoms with Gasteiger partial charge in [-0.25, -0.2) is 4.98 Å². The van der Waals surface area contributed by atoms with Crippen LogP contribution in [0.1, 0.15) is 47.4 Å². The molecule has 4 heterocycles. The molecule has 0 aromatic carbocycles. The molecule has 1 fully saturated rings. The number of pyridine rings is 2. The third-order valence-corrected chi connectivity index (χ3v) is 5.90. The fourth-order valence-corrected chi connectivity index (χ4v) is 4.39. The molecule has 0 amide bonds. The Balaban J connectivity index is 1.75. The smallest absolute Gasteiger partial charge is 0.161 e. The second-order valence-electron chi connectivity index (χ2n) is 6.99. The van der Waals surface area contributed by atoms with Gasteiger partial charge in [0.1, 0.15) is 5.01 Å². The first-order valence-corrected chi connectivity index (χ1v) is 10.1. The van der Waals surface area contributed by atoms with Crippen LogP contribution in [0, 0.1) is 6.92 Å². The lowest BCUT2D eigenvalue weighted by Gasteiger charge is -2.20. The normalized spacial score (nSPS) is 15.0. The molecular weight excluding hydrogens is 356 g/mol. The highest BCUT2D eigenvalue weighted by Crippen LogP contribution is 2.36. The molecule has 0 spiro atoms. The second kappa shape index (κ2) is 7.66. The number of hydrogen-bond donors (Lipinski definition) is 1. The van der Waals surface area contributed by atoms with Crippen molar-refractivity contribution in [2.45, 2.75) is 32.6 Å². The summed E-state index contributed by atoms with van der Waals surface area (Å²) in [6.07, 6.45) is 7.51. The van der Waals surface area contributed by atoms with Gasteiger partial charge in [-0.2, -0.15) is 0 Å². The summed E-state index contributed by atoms with van der Waals surface area (Å²) < 4.78 is 0.